The Hall–Kier alpha value is -0.530. The molecule has 9 unspecified atom stereocenters. The van der Waals surface area contributed by atoms with Gasteiger partial charge in [0, 0.05) is 0 Å². The molecule has 0 amide bonds. The minimum absolute atomic E-state index is 0.137. The fourth-order valence-corrected chi connectivity index (χ4v) is 6.92. The van der Waals surface area contributed by atoms with Gasteiger partial charge in [-0.25, -0.2) is 0 Å². The second kappa shape index (κ2) is 4.99. The molecule has 4 saturated carbocycles. The Bertz CT molecular complexity index is 431. The van der Waals surface area contributed by atoms with Crippen LogP contribution in [0.15, 0.2) is 0 Å². The lowest BCUT2D eigenvalue weighted by Gasteiger charge is -2.43. The molecule has 0 aromatic carbocycles. The molecule has 118 valence electrons. The second-order valence-corrected chi connectivity index (χ2v) is 8.46. The standard InChI is InChI=1S/C19H30O2/c1-4-5-6-21-19(20)16-8-12-7-15(16)18-14-9-13(17(12)18)10(2)11(14)3/h10-18H,4-9H2,1-3H3. The van der Waals surface area contributed by atoms with E-state index >= 15 is 0 Å². The Labute approximate surface area is 129 Å². The van der Waals surface area contributed by atoms with Crippen LogP contribution < -0.4 is 0 Å². The Morgan fingerprint density at radius 2 is 1.71 bits per heavy atom. The van der Waals surface area contributed by atoms with Crippen molar-refractivity contribution in [2.45, 2.75) is 52.9 Å². The molecule has 9 atom stereocenters. The van der Waals surface area contributed by atoms with Crippen molar-refractivity contribution in [2.75, 3.05) is 6.61 Å². The Morgan fingerprint density at radius 3 is 2.43 bits per heavy atom. The first-order valence-electron chi connectivity index (χ1n) is 9.30. The lowest BCUT2D eigenvalue weighted by Crippen LogP contribution is -2.40. The molecule has 0 heterocycles. The molecule has 0 saturated heterocycles. The smallest absolute Gasteiger partial charge is 0.309 e. The van der Waals surface area contributed by atoms with Crippen molar-refractivity contribution < 1.29 is 9.53 Å². The molecule has 0 N–H and O–H groups in total. The maximum atomic E-state index is 12.4. The van der Waals surface area contributed by atoms with Gasteiger partial charge in [-0.2, -0.15) is 0 Å². The molecule has 21 heavy (non-hydrogen) atoms. The zero-order chi connectivity index (χ0) is 14.7. The van der Waals surface area contributed by atoms with Crippen LogP contribution >= 0.6 is 0 Å². The van der Waals surface area contributed by atoms with Crippen LogP contribution in [-0.4, -0.2) is 12.6 Å². The molecule has 4 aliphatic rings. The maximum absolute atomic E-state index is 12.4. The van der Waals surface area contributed by atoms with Crippen LogP contribution in [0, 0.1) is 53.3 Å². The molecule has 0 aliphatic heterocycles. The van der Waals surface area contributed by atoms with Gasteiger partial charge in [0.05, 0.1) is 12.5 Å². The number of fused-ring (bicyclic) bond motifs is 9. The van der Waals surface area contributed by atoms with E-state index in [0.29, 0.717) is 12.5 Å². The van der Waals surface area contributed by atoms with Gasteiger partial charge in [0.2, 0.25) is 0 Å². The Morgan fingerprint density at radius 1 is 1.00 bits per heavy atom. The molecule has 2 heteroatoms. The van der Waals surface area contributed by atoms with Gasteiger partial charge in [-0.05, 0) is 73.0 Å². The number of rotatable bonds is 4. The fraction of sp³-hybridized carbons (Fsp3) is 0.947. The van der Waals surface area contributed by atoms with Crippen LogP contribution in [0.5, 0.6) is 0 Å². The van der Waals surface area contributed by atoms with Gasteiger partial charge >= 0.3 is 5.97 Å². The number of carbonyl (C=O) groups is 1. The average Bonchev–Trinajstić information content (AvgIpc) is 3.19. The first-order chi connectivity index (χ1) is 10.1. The lowest BCUT2D eigenvalue weighted by atomic mass is 9.62. The van der Waals surface area contributed by atoms with Gasteiger partial charge in [0.15, 0.2) is 0 Å². The van der Waals surface area contributed by atoms with Crippen LogP contribution in [0.2, 0.25) is 0 Å². The summed E-state index contributed by atoms with van der Waals surface area (Å²) in [7, 11) is 0. The number of unbranched alkanes of at least 4 members (excludes halogenated alkanes) is 1. The van der Waals surface area contributed by atoms with E-state index in [1.54, 1.807) is 0 Å². The summed E-state index contributed by atoms with van der Waals surface area (Å²) >= 11 is 0. The second-order valence-electron chi connectivity index (χ2n) is 8.46. The Balaban J connectivity index is 1.46. The third-order valence-corrected chi connectivity index (χ3v) is 7.89. The molecule has 0 aromatic heterocycles. The molecule has 4 rings (SSSR count). The molecule has 0 aromatic rings. The highest BCUT2D eigenvalue weighted by molar-refractivity contribution is 5.73. The molecule has 4 aliphatic carbocycles. The lowest BCUT2D eigenvalue weighted by molar-refractivity contribution is -0.152. The third-order valence-electron chi connectivity index (χ3n) is 7.89. The normalized spacial score (nSPS) is 53.2. The van der Waals surface area contributed by atoms with Gasteiger partial charge < -0.3 is 4.74 Å². The van der Waals surface area contributed by atoms with Crippen molar-refractivity contribution in [3.05, 3.63) is 0 Å². The molecule has 0 radical (unpaired) electrons. The van der Waals surface area contributed by atoms with Gasteiger partial charge in [0.1, 0.15) is 0 Å². The van der Waals surface area contributed by atoms with Gasteiger partial charge in [-0.15, -0.1) is 0 Å². The van der Waals surface area contributed by atoms with E-state index in [9.17, 15) is 4.79 Å². The van der Waals surface area contributed by atoms with Crippen LogP contribution in [0.4, 0.5) is 0 Å². The van der Waals surface area contributed by atoms with Crippen molar-refractivity contribution >= 4 is 5.97 Å². The van der Waals surface area contributed by atoms with Crippen molar-refractivity contribution in [3.63, 3.8) is 0 Å². The zero-order valence-corrected chi connectivity index (χ0v) is 13.8. The van der Waals surface area contributed by atoms with E-state index in [0.717, 1.165) is 60.7 Å². The first-order valence-corrected chi connectivity index (χ1v) is 9.30. The van der Waals surface area contributed by atoms with E-state index < -0.39 is 0 Å². The van der Waals surface area contributed by atoms with E-state index in [1.807, 2.05) is 0 Å². The molecule has 2 nitrogen and oxygen atoms in total. The van der Waals surface area contributed by atoms with E-state index in [4.69, 9.17) is 4.74 Å². The largest absolute Gasteiger partial charge is 0.465 e. The van der Waals surface area contributed by atoms with Crippen LogP contribution in [0.3, 0.4) is 0 Å². The first kappa shape index (κ1) is 14.1. The summed E-state index contributed by atoms with van der Waals surface area (Å²) in [4.78, 5) is 12.4. The number of esters is 1. The Kier molecular flexibility index (Phi) is 3.35. The highest BCUT2D eigenvalue weighted by Gasteiger charge is 2.66. The maximum Gasteiger partial charge on any atom is 0.309 e. The van der Waals surface area contributed by atoms with Gasteiger partial charge in [0.25, 0.3) is 0 Å². The quantitative estimate of drug-likeness (QED) is 0.442. The van der Waals surface area contributed by atoms with E-state index in [1.165, 1.54) is 12.8 Å². The summed E-state index contributed by atoms with van der Waals surface area (Å²) in [5.74, 6) is 7.41. The molecule has 4 fully saturated rings. The number of ether oxygens (including phenoxy) is 1. The summed E-state index contributed by atoms with van der Waals surface area (Å²) in [5.41, 5.74) is 0. The molecule has 0 spiro atoms. The minimum atomic E-state index is 0.137. The molecular formula is C19H30O2. The van der Waals surface area contributed by atoms with Crippen LogP contribution in [-0.2, 0) is 9.53 Å². The summed E-state index contributed by atoms with van der Waals surface area (Å²) in [6.45, 7) is 7.73. The van der Waals surface area contributed by atoms with Gasteiger partial charge in [-0.3, -0.25) is 4.79 Å². The van der Waals surface area contributed by atoms with Gasteiger partial charge in [-0.1, -0.05) is 27.2 Å². The van der Waals surface area contributed by atoms with Crippen molar-refractivity contribution in [1.82, 2.24) is 0 Å². The average molecular weight is 290 g/mol. The van der Waals surface area contributed by atoms with Crippen molar-refractivity contribution in [1.29, 1.82) is 0 Å². The monoisotopic (exact) mass is 290 g/mol. The third kappa shape index (κ3) is 1.86. The van der Waals surface area contributed by atoms with E-state index in [2.05, 4.69) is 20.8 Å². The topological polar surface area (TPSA) is 26.3 Å². The predicted molar refractivity (Wildman–Crippen MR) is 82.5 cm³/mol. The minimum Gasteiger partial charge on any atom is -0.465 e. The summed E-state index contributed by atoms with van der Waals surface area (Å²) in [6.07, 6.45) is 6.05. The molecule has 4 bridgehead atoms. The van der Waals surface area contributed by atoms with Crippen LogP contribution in [0.25, 0.3) is 0 Å². The number of hydrogen-bond donors (Lipinski definition) is 0. The molecular weight excluding hydrogens is 260 g/mol. The number of hydrogen-bond acceptors (Lipinski definition) is 2. The SMILES string of the molecule is CCCCOC(=O)C1CC2CC1C1C3CC(C(C)C3C)C21. The number of carbonyl (C=O) groups excluding carboxylic acids is 1. The highest BCUT2D eigenvalue weighted by Crippen LogP contribution is 2.71. The fourth-order valence-electron chi connectivity index (χ4n) is 6.92. The predicted octanol–water partition coefficient (Wildman–Crippen LogP) is 4.14. The van der Waals surface area contributed by atoms with E-state index in [-0.39, 0.29) is 11.9 Å². The van der Waals surface area contributed by atoms with Crippen LogP contribution in [0.1, 0.15) is 52.9 Å². The van der Waals surface area contributed by atoms with Crippen molar-refractivity contribution in [3.8, 4) is 0 Å². The zero-order valence-electron chi connectivity index (χ0n) is 13.8. The highest BCUT2D eigenvalue weighted by atomic mass is 16.5. The summed E-state index contributed by atoms with van der Waals surface area (Å²) in [5, 5.41) is 0. The summed E-state index contributed by atoms with van der Waals surface area (Å²) < 4.78 is 5.56. The summed E-state index contributed by atoms with van der Waals surface area (Å²) in [6, 6.07) is 0. The van der Waals surface area contributed by atoms with Crippen molar-refractivity contribution in [2.24, 2.45) is 53.3 Å².